The van der Waals surface area contributed by atoms with E-state index in [1.54, 1.807) is 0 Å². The summed E-state index contributed by atoms with van der Waals surface area (Å²) >= 11 is 0. The molecular formula is C42H35N. The third-order valence-corrected chi connectivity index (χ3v) is 8.48. The van der Waals surface area contributed by atoms with Crippen LogP contribution in [0, 0.1) is 0 Å². The van der Waals surface area contributed by atoms with E-state index in [1.807, 2.05) is 0 Å². The largest absolute Gasteiger partial charge is 0.310 e. The quantitative estimate of drug-likeness (QED) is 0.178. The van der Waals surface area contributed by atoms with E-state index in [2.05, 4.69) is 169 Å². The Morgan fingerprint density at radius 3 is 1.63 bits per heavy atom. The molecule has 1 nitrogen and oxygen atoms in total. The first kappa shape index (κ1) is 26.7. The molecular weight excluding hydrogens is 518 g/mol. The van der Waals surface area contributed by atoms with Crippen molar-refractivity contribution in [3.05, 3.63) is 186 Å². The summed E-state index contributed by atoms with van der Waals surface area (Å²) in [6.45, 7) is 0. The number of hydrogen-bond acceptors (Lipinski definition) is 1. The molecule has 0 saturated carbocycles. The van der Waals surface area contributed by atoms with Gasteiger partial charge >= 0.3 is 0 Å². The number of fused-ring (bicyclic) bond motifs is 1. The second-order valence-electron chi connectivity index (χ2n) is 11.3. The average Bonchev–Trinajstić information content (AvgIpc) is 3.09. The maximum absolute atomic E-state index is 2.43. The number of benzene rings is 6. The Hall–Kier alpha value is -5.14. The number of para-hydroxylation sites is 1. The Bertz CT molecular complexity index is 1780. The van der Waals surface area contributed by atoms with E-state index in [1.165, 1.54) is 80.8 Å². The molecule has 0 unspecified atom stereocenters. The van der Waals surface area contributed by atoms with Gasteiger partial charge in [-0.2, -0.15) is 0 Å². The summed E-state index contributed by atoms with van der Waals surface area (Å²) in [6.07, 6.45) is 7.15. The zero-order valence-corrected chi connectivity index (χ0v) is 24.4. The monoisotopic (exact) mass is 553 g/mol. The lowest BCUT2D eigenvalue weighted by Crippen LogP contribution is -2.15. The number of anilines is 3. The van der Waals surface area contributed by atoms with Crippen molar-refractivity contribution in [1.29, 1.82) is 0 Å². The van der Waals surface area contributed by atoms with Crippen LogP contribution in [0.1, 0.15) is 40.7 Å². The van der Waals surface area contributed by atoms with Crippen molar-refractivity contribution >= 4 is 28.7 Å². The molecule has 208 valence electrons. The second kappa shape index (κ2) is 12.4. The molecule has 0 heterocycles. The lowest BCUT2D eigenvalue weighted by Gasteiger charge is -2.30. The molecule has 1 aliphatic carbocycles. The Balaban J connectivity index is 1.20. The van der Waals surface area contributed by atoms with Gasteiger partial charge in [0.05, 0.1) is 0 Å². The van der Waals surface area contributed by atoms with E-state index < -0.39 is 0 Å². The van der Waals surface area contributed by atoms with Crippen LogP contribution in [0.5, 0.6) is 0 Å². The van der Waals surface area contributed by atoms with E-state index in [0.29, 0.717) is 0 Å². The van der Waals surface area contributed by atoms with Crippen LogP contribution in [0.4, 0.5) is 17.1 Å². The van der Waals surface area contributed by atoms with Gasteiger partial charge in [0, 0.05) is 17.1 Å². The zero-order chi connectivity index (χ0) is 28.8. The Morgan fingerprint density at radius 2 is 1.00 bits per heavy atom. The van der Waals surface area contributed by atoms with Gasteiger partial charge in [-0.05, 0) is 107 Å². The fourth-order valence-electron chi connectivity index (χ4n) is 6.29. The van der Waals surface area contributed by atoms with Crippen molar-refractivity contribution in [2.24, 2.45) is 0 Å². The molecule has 0 bridgehead atoms. The Kier molecular flexibility index (Phi) is 7.70. The highest BCUT2D eigenvalue weighted by Gasteiger charge is 2.20. The molecule has 0 fully saturated rings. The van der Waals surface area contributed by atoms with E-state index in [4.69, 9.17) is 0 Å². The van der Waals surface area contributed by atoms with E-state index in [0.717, 1.165) is 6.42 Å². The molecule has 6 aromatic rings. The SMILES string of the molecule is C(=C(c1ccccc1)c1ccccc1)c1ccc(-c2ccc(N(c3ccccc3)c3cccc4c3CCCC4)cc2)cc1. The summed E-state index contributed by atoms with van der Waals surface area (Å²) in [6, 6.07) is 56.8. The summed E-state index contributed by atoms with van der Waals surface area (Å²) < 4.78 is 0. The molecule has 1 aliphatic rings. The number of hydrogen-bond donors (Lipinski definition) is 0. The van der Waals surface area contributed by atoms with Crippen molar-refractivity contribution in [2.75, 3.05) is 4.90 Å². The summed E-state index contributed by atoms with van der Waals surface area (Å²) in [5.41, 5.74) is 14.0. The minimum absolute atomic E-state index is 1.14. The van der Waals surface area contributed by atoms with Crippen LogP contribution in [0.15, 0.2) is 158 Å². The van der Waals surface area contributed by atoms with Crippen LogP contribution in [0.2, 0.25) is 0 Å². The smallest absolute Gasteiger partial charge is 0.0496 e. The van der Waals surface area contributed by atoms with Gasteiger partial charge in [-0.1, -0.05) is 127 Å². The summed E-state index contributed by atoms with van der Waals surface area (Å²) in [7, 11) is 0. The number of nitrogens with zero attached hydrogens (tertiary/aromatic N) is 1. The molecule has 0 atom stereocenters. The van der Waals surface area contributed by atoms with Gasteiger partial charge in [0.25, 0.3) is 0 Å². The normalized spacial score (nSPS) is 12.3. The summed E-state index contributed by atoms with van der Waals surface area (Å²) in [5, 5.41) is 0. The standard InChI is InChI=1S/C42H35N/c1-4-13-36(14-5-1)41(37-15-6-2-7-16-37)31-32-23-25-33(26-24-32)34-27-29-39(30-28-34)43(38-19-8-3-9-20-38)42-22-12-18-35-17-10-11-21-40(35)42/h1-9,12-16,18-20,22-31H,10-11,17,21H2. The first-order chi connectivity index (χ1) is 21.3. The molecule has 0 radical (unpaired) electrons. The number of rotatable bonds is 7. The van der Waals surface area contributed by atoms with Crippen LogP contribution >= 0.6 is 0 Å². The van der Waals surface area contributed by atoms with Crippen LogP contribution < -0.4 is 4.90 Å². The molecule has 0 aromatic heterocycles. The van der Waals surface area contributed by atoms with E-state index >= 15 is 0 Å². The lowest BCUT2D eigenvalue weighted by molar-refractivity contribution is 0.686. The summed E-state index contributed by atoms with van der Waals surface area (Å²) in [4.78, 5) is 2.43. The van der Waals surface area contributed by atoms with Crippen molar-refractivity contribution in [3.8, 4) is 11.1 Å². The van der Waals surface area contributed by atoms with Gasteiger partial charge < -0.3 is 4.90 Å². The summed E-state index contributed by atoms with van der Waals surface area (Å²) in [5.74, 6) is 0. The first-order valence-electron chi connectivity index (χ1n) is 15.3. The third kappa shape index (κ3) is 5.80. The van der Waals surface area contributed by atoms with Crippen molar-refractivity contribution in [2.45, 2.75) is 25.7 Å². The lowest BCUT2D eigenvalue weighted by atomic mass is 9.90. The van der Waals surface area contributed by atoms with Gasteiger partial charge in [-0.15, -0.1) is 0 Å². The fraction of sp³-hybridized carbons (Fsp3) is 0.0952. The average molecular weight is 554 g/mol. The van der Waals surface area contributed by atoms with Gasteiger partial charge in [0.2, 0.25) is 0 Å². The molecule has 0 amide bonds. The first-order valence-corrected chi connectivity index (χ1v) is 15.3. The molecule has 0 spiro atoms. The zero-order valence-electron chi connectivity index (χ0n) is 24.4. The minimum Gasteiger partial charge on any atom is -0.310 e. The maximum Gasteiger partial charge on any atom is 0.0496 e. The highest BCUT2D eigenvalue weighted by molar-refractivity contribution is 5.91. The van der Waals surface area contributed by atoms with Crippen LogP contribution in [-0.2, 0) is 12.8 Å². The second-order valence-corrected chi connectivity index (χ2v) is 11.3. The minimum atomic E-state index is 1.14. The van der Waals surface area contributed by atoms with E-state index in [9.17, 15) is 0 Å². The van der Waals surface area contributed by atoms with Gasteiger partial charge in [0.15, 0.2) is 0 Å². The van der Waals surface area contributed by atoms with Crippen molar-refractivity contribution in [1.82, 2.24) is 0 Å². The molecule has 1 heteroatoms. The molecule has 0 N–H and O–H groups in total. The van der Waals surface area contributed by atoms with Gasteiger partial charge in [-0.25, -0.2) is 0 Å². The Morgan fingerprint density at radius 1 is 0.465 bits per heavy atom. The topological polar surface area (TPSA) is 3.24 Å². The van der Waals surface area contributed by atoms with E-state index in [-0.39, 0.29) is 0 Å². The van der Waals surface area contributed by atoms with Crippen LogP contribution in [0.25, 0.3) is 22.8 Å². The Labute approximate surface area is 255 Å². The maximum atomic E-state index is 2.43. The van der Waals surface area contributed by atoms with Crippen molar-refractivity contribution in [3.63, 3.8) is 0 Å². The molecule has 7 rings (SSSR count). The van der Waals surface area contributed by atoms with Crippen LogP contribution in [0.3, 0.4) is 0 Å². The fourth-order valence-corrected chi connectivity index (χ4v) is 6.29. The highest BCUT2D eigenvalue weighted by atomic mass is 15.1. The molecule has 43 heavy (non-hydrogen) atoms. The predicted molar refractivity (Wildman–Crippen MR) is 183 cm³/mol. The van der Waals surface area contributed by atoms with Crippen LogP contribution in [-0.4, -0.2) is 0 Å². The van der Waals surface area contributed by atoms with Gasteiger partial charge in [-0.3, -0.25) is 0 Å². The number of aryl methyl sites for hydroxylation is 1. The molecule has 6 aromatic carbocycles. The van der Waals surface area contributed by atoms with Crippen molar-refractivity contribution < 1.29 is 0 Å². The molecule has 0 saturated heterocycles. The molecule has 0 aliphatic heterocycles. The highest BCUT2D eigenvalue weighted by Crippen LogP contribution is 2.40. The third-order valence-electron chi connectivity index (χ3n) is 8.48. The van der Waals surface area contributed by atoms with Gasteiger partial charge in [0.1, 0.15) is 0 Å². The predicted octanol–water partition coefficient (Wildman–Crippen LogP) is 11.3.